The zero-order valence-corrected chi connectivity index (χ0v) is 11.4. The van der Waals surface area contributed by atoms with Crippen LogP contribution in [0.1, 0.15) is 12.5 Å². The minimum Gasteiger partial charge on any atom is -0.398 e. The number of hydrogen-bond acceptors (Lipinski definition) is 4. The molecule has 3 N–H and O–H groups in total. The molecule has 1 heterocycles. The molecule has 0 unspecified atom stereocenters. The highest BCUT2D eigenvalue weighted by Gasteiger charge is 2.24. The summed E-state index contributed by atoms with van der Waals surface area (Å²) in [6.45, 7) is 2.40. The second-order valence-electron chi connectivity index (χ2n) is 4.06. The number of hydrogen-bond donors (Lipinski definition) is 2. The van der Waals surface area contributed by atoms with Gasteiger partial charge in [0.1, 0.15) is 4.90 Å². The Hall–Kier alpha value is -1.86. The highest BCUT2D eigenvalue weighted by Crippen LogP contribution is 2.19. The van der Waals surface area contributed by atoms with Crippen molar-refractivity contribution in [1.29, 1.82) is 0 Å². The van der Waals surface area contributed by atoms with Crippen LogP contribution < -0.4 is 5.73 Å². The highest BCUT2D eigenvalue weighted by atomic mass is 32.2. The highest BCUT2D eigenvalue weighted by molar-refractivity contribution is 7.89. The van der Waals surface area contributed by atoms with Gasteiger partial charge in [0.25, 0.3) is 0 Å². The van der Waals surface area contributed by atoms with E-state index >= 15 is 0 Å². The fourth-order valence-corrected chi connectivity index (χ4v) is 3.10. The number of sulfonamides is 1. The number of nitrogens with two attached hydrogens (primary N) is 1. The Morgan fingerprint density at radius 3 is 2.68 bits per heavy atom. The maximum absolute atomic E-state index is 12.4. The predicted octanol–water partition coefficient (Wildman–Crippen LogP) is 1.20. The molecular weight excluding hydrogens is 264 g/mol. The lowest BCUT2D eigenvalue weighted by atomic mass is 10.2. The van der Waals surface area contributed by atoms with Gasteiger partial charge in [-0.25, -0.2) is 8.42 Å². The van der Waals surface area contributed by atoms with E-state index in [9.17, 15) is 8.42 Å². The fourth-order valence-electron chi connectivity index (χ4n) is 1.76. The third kappa shape index (κ3) is 2.77. The molecule has 0 saturated carbocycles. The number of nitrogen functional groups attached to an aromatic ring is 1. The topological polar surface area (TPSA) is 92.1 Å². The van der Waals surface area contributed by atoms with Gasteiger partial charge in [-0.3, -0.25) is 5.10 Å². The predicted molar refractivity (Wildman–Crippen MR) is 72.7 cm³/mol. The first kappa shape index (κ1) is 13.6. The SMILES string of the molecule is CCN(Cc1ccccc1N)S(=O)(=O)c1cn[nH]c1. The van der Waals surface area contributed by atoms with Crippen LogP contribution in [0.15, 0.2) is 41.6 Å². The molecule has 0 radical (unpaired) electrons. The standard InChI is InChI=1S/C12H16N4O2S/c1-2-16(9-10-5-3-4-6-12(10)13)19(17,18)11-7-14-15-8-11/h3-8H,2,9,13H2,1H3,(H,14,15). The molecule has 2 rings (SSSR count). The smallest absolute Gasteiger partial charge is 0.246 e. The number of rotatable bonds is 5. The van der Waals surface area contributed by atoms with Crippen LogP contribution in [0.3, 0.4) is 0 Å². The summed E-state index contributed by atoms with van der Waals surface area (Å²) in [4.78, 5) is 0.156. The molecule has 0 atom stereocenters. The Kier molecular flexibility index (Phi) is 3.87. The van der Waals surface area contributed by atoms with Crippen molar-refractivity contribution in [2.45, 2.75) is 18.4 Å². The van der Waals surface area contributed by atoms with E-state index in [1.165, 1.54) is 16.7 Å². The molecule has 19 heavy (non-hydrogen) atoms. The molecule has 2 aromatic rings. The van der Waals surface area contributed by atoms with Crippen molar-refractivity contribution < 1.29 is 8.42 Å². The summed E-state index contributed by atoms with van der Waals surface area (Å²) in [6.07, 6.45) is 2.67. The van der Waals surface area contributed by atoms with Gasteiger partial charge in [0.2, 0.25) is 10.0 Å². The van der Waals surface area contributed by atoms with Crippen LogP contribution in [0, 0.1) is 0 Å². The van der Waals surface area contributed by atoms with E-state index in [2.05, 4.69) is 10.2 Å². The summed E-state index contributed by atoms with van der Waals surface area (Å²) in [7, 11) is -3.54. The third-order valence-corrected chi connectivity index (χ3v) is 4.75. The van der Waals surface area contributed by atoms with Gasteiger partial charge in [0, 0.05) is 25.0 Å². The van der Waals surface area contributed by atoms with Gasteiger partial charge in [-0.05, 0) is 11.6 Å². The van der Waals surface area contributed by atoms with Gasteiger partial charge in [0.05, 0.1) is 6.20 Å². The van der Waals surface area contributed by atoms with E-state index in [0.717, 1.165) is 5.56 Å². The minimum atomic E-state index is -3.54. The molecule has 0 fully saturated rings. The fraction of sp³-hybridized carbons (Fsp3) is 0.250. The van der Waals surface area contributed by atoms with Gasteiger partial charge in [-0.2, -0.15) is 9.40 Å². The molecule has 102 valence electrons. The summed E-state index contributed by atoms with van der Waals surface area (Å²) in [5.74, 6) is 0. The molecule has 0 aliphatic heterocycles. The summed E-state index contributed by atoms with van der Waals surface area (Å²) in [5.41, 5.74) is 7.22. The Labute approximate surface area is 112 Å². The zero-order chi connectivity index (χ0) is 13.9. The number of H-pyrrole nitrogens is 1. The van der Waals surface area contributed by atoms with Crippen LogP contribution in [0.5, 0.6) is 0 Å². The molecule has 0 bridgehead atoms. The molecule has 0 saturated heterocycles. The first-order valence-corrected chi connectivity index (χ1v) is 7.32. The van der Waals surface area contributed by atoms with Crippen LogP contribution in [0.2, 0.25) is 0 Å². The maximum atomic E-state index is 12.4. The first-order chi connectivity index (χ1) is 9.05. The summed E-state index contributed by atoms with van der Waals surface area (Å²) < 4.78 is 26.1. The normalized spacial score (nSPS) is 11.9. The van der Waals surface area contributed by atoms with Crippen molar-refractivity contribution in [1.82, 2.24) is 14.5 Å². The van der Waals surface area contributed by atoms with E-state index in [-0.39, 0.29) is 11.4 Å². The third-order valence-electron chi connectivity index (χ3n) is 2.87. The second kappa shape index (κ2) is 5.41. The summed E-state index contributed by atoms with van der Waals surface area (Å²) in [5, 5.41) is 6.18. The average molecular weight is 280 g/mol. The first-order valence-electron chi connectivity index (χ1n) is 5.88. The number of aromatic amines is 1. The van der Waals surface area contributed by atoms with Crippen LogP contribution >= 0.6 is 0 Å². The van der Waals surface area contributed by atoms with Crippen molar-refractivity contribution in [3.63, 3.8) is 0 Å². The van der Waals surface area contributed by atoms with Crippen molar-refractivity contribution >= 4 is 15.7 Å². The molecule has 6 nitrogen and oxygen atoms in total. The lowest BCUT2D eigenvalue weighted by Gasteiger charge is -2.20. The van der Waals surface area contributed by atoms with Crippen molar-refractivity contribution in [3.8, 4) is 0 Å². The number of benzene rings is 1. The van der Waals surface area contributed by atoms with Crippen molar-refractivity contribution in [2.24, 2.45) is 0 Å². The molecule has 0 aliphatic carbocycles. The van der Waals surface area contributed by atoms with E-state index in [0.29, 0.717) is 12.2 Å². The molecule has 0 spiro atoms. The van der Waals surface area contributed by atoms with E-state index < -0.39 is 10.0 Å². The van der Waals surface area contributed by atoms with Gasteiger partial charge in [-0.15, -0.1) is 0 Å². The lowest BCUT2D eigenvalue weighted by molar-refractivity contribution is 0.424. The molecule has 0 amide bonds. The maximum Gasteiger partial charge on any atom is 0.246 e. The summed E-state index contributed by atoms with van der Waals surface area (Å²) >= 11 is 0. The zero-order valence-electron chi connectivity index (χ0n) is 10.6. The Morgan fingerprint density at radius 1 is 1.37 bits per heavy atom. The van der Waals surface area contributed by atoms with Gasteiger partial charge in [-0.1, -0.05) is 25.1 Å². The molecule has 7 heteroatoms. The quantitative estimate of drug-likeness (QED) is 0.805. The Bertz CT molecular complexity index is 638. The minimum absolute atomic E-state index is 0.156. The van der Waals surface area contributed by atoms with Crippen LogP contribution in [-0.4, -0.2) is 29.5 Å². The number of anilines is 1. The Balaban J connectivity index is 2.29. The lowest BCUT2D eigenvalue weighted by Crippen LogP contribution is -2.30. The molecule has 0 aliphatic rings. The van der Waals surface area contributed by atoms with Gasteiger partial charge < -0.3 is 5.73 Å². The van der Waals surface area contributed by atoms with Gasteiger partial charge in [0.15, 0.2) is 0 Å². The van der Waals surface area contributed by atoms with Crippen LogP contribution in [0.4, 0.5) is 5.69 Å². The number of aromatic nitrogens is 2. The largest absolute Gasteiger partial charge is 0.398 e. The van der Waals surface area contributed by atoms with E-state index in [4.69, 9.17) is 5.73 Å². The van der Waals surface area contributed by atoms with Crippen molar-refractivity contribution in [3.05, 3.63) is 42.2 Å². The number of nitrogens with zero attached hydrogens (tertiary/aromatic N) is 2. The molecule has 1 aromatic carbocycles. The van der Waals surface area contributed by atoms with Gasteiger partial charge >= 0.3 is 0 Å². The number of nitrogens with one attached hydrogen (secondary N) is 1. The molecule has 1 aromatic heterocycles. The van der Waals surface area contributed by atoms with E-state index in [1.54, 1.807) is 13.0 Å². The van der Waals surface area contributed by atoms with Crippen LogP contribution in [-0.2, 0) is 16.6 Å². The second-order valence-corrected chi connectivity index (χ2v) is 6.00. The van der Waals surface area contributed by atoms with Crippen molar-refractivity contribution in [2.75, 3.05) is 12.3 Å². The monoisotopic (exact) mass is 280 g/mol. The number of para-hydroxylation sites is 1. The average Bonchev–Trinajstić information content (AvgIpc) is 2.92. The molecular formula is C12H16N4O2S. The Morgan fingerprint density at radius 2 is 2.11 bits per heavy atom. The van der Waals surface area contributed by atoms with Crippen LogP contribution in [0.25, 0.3) is 0 Å². The van der Waals surface area contributed by atoms with E-state index in [1.807, 2.05) is 18.2 Å². The summed E-state index contributed by atoms with van der Waals surface area (Å²) in [6, 6.07) is 7.24.